The molecular formula is C23H30N6O2S. The van der Waals surface area contributed by atoms with Crippen molar-refractivity contribution in [3.63, 3.8) is 0 Å². The molecule has 0 atom stereocenters. The summed E-state index contributed by atoms with van der Waals surface area (Å²) in [4.78, 5) is 24.2. The van der Waals surface area contributed by atoms with Gasteiger partial charge in [0.2, 0.25) is 0 Å². The highest BCUT2D eigenvalue weighted by Crippen LogP contribution is 2.34. The molecule has 0 radical (unpaired) electrons. The number of amides is 2. The molecule has 0 bridgehead atoms. The van der Waals surface area contributed by atoms with Crippen LogP contribution in [-0.2, 0) is 0 Å². The number of allylic oxidation sites excluding steroid dienone is 3. The van der Waals surface area contributed by atoms with Crippen molar-refractivity contribution in [2.24, 2.45) is 5.73 Å². The summed E-state index contributed by atoms with van der Waals surface area (Å²) in [7, 11) is 0. The fraction of sp³-hybridized carbons (Fsp3) is 0.348. The Labute approximate surface area is 192 Å². The molecule has 0 unspecified atom stereocenters. The van der Waals surface area contributed by atoms with Crippen LogP contribution in [0.2, 0.25) is 0 Å². The zero-order chi connectivity index (χ0) is 22.9. The van der Waals surface area contributed by atoms with Gasteiger partial charge in [0.25, 0.3) is 0 Å². The highest BCUT2D eigenvalue weighted by Gasteiger charge is 2.25. The summed E-state index contributed by atoms with van der Waals surface area (Å²) in [5.41, 5.74) is 7.99. The van der Waals surface area contributed by atoms with E-state index in [1.807, 2.05) is 43.5 Å². The smallest absolute Gasteiger partial charge is 0.317 e. The number of hydrogen-bond acceptors (Lipinski definition) is 7. The average Bonchev–Trinajstić information content (AvgIpc) is 3.28. The molecule has 1 fully saturated rings. The van der Waals surface area contributed by atoms with Gasteiger partial charge in [-0.05, 0) is 55.8 Å². The number of piperidine rings is 1. The third-order valence-electron chi connectivity index (χ3n) is 5.09. The number of nitrogens with two attached hydrogens (primary N) is 1. The number of carbonyl (C=O) groups excluding carboxylic acids is 1. The molecule has 0 saturated carbocycles. The first-order chi connectivity index (χ1) is 15.5. The number of thiazole rings is 1. The lowest BCUT2D eigenvalue weighted by Gasteiger charge is -2.31. The van der Waals surface area contributed by atoms with Crippen LogP contribution in [0.15, 0.2) is 60.6 Å². The number of nitrogens with zero attached hydrogens (tertiary/aromatic N) is 3. The zero-order valence-electron chi connectivity index (χ0n) is 18.3. The normalized spacial score (nSPS) is 15.2. The molecule has 0 spiro atoms. The van der Waals surface area contributed by atoms with Crippen molar-refractivity contribution in [2.75, 3.05) is 31.6 Å². The number of hydrogen-bond donors (Lipinski definition) is 4. The van der Waals surface area contributed by atoms with E-state index in [1.165, 1.54) is 6.20 Å². The second-order valence-electron chi connectivity index (χ2n) is 7.59. The fourth-order valence-corrected chi connectivity index (χ4v) is 4.57. The summed E-state index contributed by atoms with van der Waals surface area (Å²) in [5.74, 6) is 1.05. The molecule has 0 aliphatic carbocycles. The quantitative estimate of drug-likeness (QED) is 0.454. The minimum absolute atomic E-state index is 0.0507. The number of aromatic nitrogens is 2. The Morgan fingerprint density at radius 3 is 2.91 bits per heavy atom. The van der Waals surface area contributed by atoms with Crippen molar-refractivity contribution in [2.45, 2.75) is 25.7 Å². The number of urea groups is 1. The van der Waals surface area contributed by atoms with E-state index in [0.29, 0.717) is 24.8 Å². The van der Waals surface area contributed by atoms with Crippen LogP contribution in [0.1, 0.15) is 30.7 Å². The first kappa shape index (κ1) is 23.5. The van der Waals surface area contributed by atoms with Crippen LogP contribution in [-0.4, -0.2) is 52.2 Å². The molecule has 1 aliphatic heterocycles. The summed E-state index contributed by atoms with van der Waals surface area (Å²) >= 11 is 1.65. The standard InChI is InChI=1S/C23H30N6O2S/c1-16(6-9-24)14-17(2)27-21-5-3-4-19(28-21)20-15-26-22(32-20)18-7-11-29(12-8-18)23(31)25-10-13-30/h3-6,9,14-15,18,30H,2,7-8,10-13,24H2,1H3,(H,25,31)(H,27,28)/b9-6-,16-14-. The van der Waals surface area contributed by atoms with Crippen molar-refractivity contribution in [1.29, 1.82) is 0 Å². The van der Waals surface area contributed by atoms with E-state index in [4.69, 9.17) is 15.8 Å². The Balaban J connectivity index is 1.61. The molecule has 1 aliphatic rings. The molecule has 32 heavy (non-hydrogen) atoms. The topological polar surface area (TPSA) is 116 Å². The van der Waals surface area contributed by atoms with Gasteiger partial charge in [-0.3, -0.25) is 0 Å². The van der Waals surface area contributed by atoms with E-state index in [-0.39, 0.29) is 19.2 Å². The largest absolute Gasteiger partial charge is 0.405 e. The van der Waals surface area contributed by atoms with Gasteiger partial charge in [-0.2, -0.15) is 0 Å². The lowest BCUT2D eigenvalue weighted by atomic mass is 9.98. The maximum atomic E-state index is 12.0. The SMILES string of the molecule is C=C(/C=C(C)\C=C/N)Nc1cccc(-c2cnc(C3CCN(C(=O)NCCO)CC3)s2)n1. The molecule has 3 rings (SSSR count). The van der Waals surface area contributed by atoms with Gasteiger partial charge in [-0.1, -0.05) is 12.6 Å². The van der Waals surface area contributed by atoms with E-state index in [2.05, 4.69) is 22.2 Å². The van der Waals surface area contributed by atoms with E-state index < -0.39 is 0 Å². The lowest BCUT2D eigenvalue weighted by molar-refractivity contribution is 0.178. The maximum absolute atomic E-state index is 12.0. The number of rotatable bonds is 8. The van der Waals surface area contributed by atoms with Crippen LogP contribution in [0.5, 0.6) is 0 Å². The highest BCUT2D eigenvalue weighted by atomic mass is 32.1. The first-order valence-corrected chi connectivity index (χ1v) is 11.4. The summed E-state index contributed by atoms with van der Waals surface area (Å²) in [5, 5.41) is 15.8. The molecule has 2 amide bonds. The molecule has 1 saturated heterocycles. The fourth-order valence-electron chi connectivity index (χ4n) is 3.52. The molecule has 3 heterocycles. The Bertz CT molecular complexity index is 992. The Kier molecular flexibility index (Phi) is 8.41. The molecule has 0 aromatic carbocycles. The molecule has 5 N–H and O–H groups in total. The van der Waals surface area contributed by atoms with Crippen LogP contribution in [0.3, 0.4) is 0 Å². The third kappa shape index (κ3) is 6.41. The van der Waals surface area contributed by atoms with E-state index in [0.717, 1.165) is 39.7 Å². The predicted molar refractivity (Wildman–Crippen MR) is 129 cm³/mol. The number of likely N-dealkylation sites (tertiary alicyclic amines) is 1. The number of anilines is 1. The van der Waals surface area contributed by atoms with E-state index in [9.17, 15) is 4.79 Å². The van der Waals surface area contributed by atoms with Gasteiger partial charge in [0.15, 0.2) is 0 Å². The van der Waals surface area contributed by atoms with Gasteiger partial charge >= 0.3 is 6.03 Å². The van der Waals surface area contributed by atoms with Gasteiger partial charge in [0, 0.05) is 37.4 Å². The zero-order valence-corrected chi connectivity index (χ0v) is 19.1. The maximum Gasteiger partial charge on any atom is 0.317 e. The van der Waals surface area contributed by atoms with Crippen molar-refractivity contribution in [3.05, 3.63) is 65.6 Å². The minimum atomic E-state index is -0.114. The number of pyridine rings is 1. The first-order valence-electron chi connectivity index (χ1n) is 10.6. The average molecular weight is 455 g/mol. The number of aliphatic hydroxyl groups excluding tert-OH is 1. The van der Waals surface area contributed by atoms with Crippen LogP contribution in [0, 0.1) is 0 Å². The summed E-state index contributed by atoms with van der Waals surface area (Å²) in [6.07, 6.45) is 8.82. The van der Waals surface area contributed by atoms with E-state index in [1.54, 1.807) is 16.2 Å². The Morgan fingerprint density at radius 2 is 2.19 bits per heavy atom. The molecular weight excluding hydrogens is 424 g/mol. The van der Waals surface area contributed by atoms with Gasteiger partial charge in [-0.25, -0.2) is 14.8 Å². The second-order valence-corrected chi connectivity index (χ2v) is 8.65. The van der Waals surface area contributed by atoms with Crippen molar-refractivity contribution in [1.82, 2.24) is 20.2 Å². The summed E-state index contributed by atoms with van der Waals surface area (Å²) in [6, 6.07) is 5.71. The molecule has 9 heteroatoms. The van der Waals surface area contributed by atoms with Crippen LogP contribution in [0.25, 0.3) is 10.6 Å². The third-order valence-corrected chi connectivity index (χ3v) is 6.28. The Hall–Kier alpha value is -3.17. The second kappa shape index (κ2) is 11.4. The number of carbonyl (C=O) groups is 1. The highest BCUT2D eigenvalue weighted by molar-refractivity contribution is 7.15. The van der Waals surface area contributed by atoms with Gasteiger partial charge in [0.05, 0.1) is 22.2 Å². The molecule has 2 aromatic heterocycles. The molecule has 8 nitrogen and oxygen atoms in total. The summed E-state index contributed by atoms with van der Waals surface area (Å²) in [6.45, 7) is 7.56. The van der Waals surface area contributed by atoms with Crippen LogP contribution >= 0.6 is 11.3 Å². The number of nitrogens with one attached hydrogen (secondary N) is 2. The lowest BCUT2D eigenvalue weighted by Crippen LogP contribution is -2.44. The minimum Gasteiger partial charge on any atom is -0.405 e. The monoisotopic (exact) mass is 454 g/mol. The van der Waals surface area contributed by atoms with Crippen molar-refractivity contribution >= 4 is 23.2 Å². The summed E-state index contributed by atoms with van der Waals surface area (Å²) < 4.78 is 0. The van der Waals surface area contributed by atoms with Gasteiger partial charge in [0.1, 0.15) is 5.82 Å². The van der Waals surface area contributed by atoms with Crippen LogP contribution in [0.4, 0.5) is 10.6 Å². The predicted octanol–water partition coefficient (Wildman–Crippen LogP) is 3.43. The molecule has 170 valence electrons. The van der Waals surface area contributed by atoms with E-state index >= 15 is 0 Å². The van der Waals surface area contributed by atoms with Crippen molar-refractivity contribution in [3.8, 4) is 10.6 Å². The van der Waals surface area contributed by atoms with Crippen LogP contribution < -0.4 is 16.4 Å². The molecule has 2 aromatic rings. The van der Waals surface area contributed by atoms with Gasteiger partial charge < -0.3 is 26.4 Å². The Morgan fingerprint density at radius 1 is 1.41 bits per heavy atom. The number of aliphatic hydroxyl groups is 1. The van der Waals surface area contributed by atoms with Crippen molar-refractivity contribution < 1.29 is 9.90 Å². The van der Waals surface area contributed by atoms with Gasteiger partial charge in [-0.15, -0.1) is 11.3 Å².